The van der Waals surface area contributed by atoms with E-state index in [1.807, 2.05) is 13.8 Å². The van der Waals surface area contributed by atoms with Crippen LogP contribution in [-0.4, -0.2) is 15.6 Å². The van der Waals surface area contributed by atoms with Crippen molar-refractivity contribution in [2.24, 2.45) is 0 Å². The van der Waals surface area contributed by atoms with Crippen LogP contribution < -0.4 is 5.73 Å². The molecule has 0 aliphatic carbocycles. The van der Waals surface area contributed by atoms with Crippen LogP contribution in [0.5, 0.6) is 0 Å². The second-order valence-corrected chi connectivity index (χ2v) is 5.71. The van der Waals surface area contributed by atoms with E-state index >= 15 is 0 Å². The summed E-state index contributed by atoms with van der Waals surface area (Å²) in [4.78, 5) is 12.5. The van der Waals surface area contributed by atoms with Crippen LogP contribution in [0.2, 0.25) is 5.02 Å². The number of rotatable bonds is 3. The molecule has 0 saturated heterocycles. The first-order chi connectivity index (χ1) is 8.91. The van der Waals surface area contributed by atoms with Gasteiger partial charge in [-0.3, -0.25) is 9.48 Å². The number of benzene rings is 1. The molecule has 100 valence electrons. The lowest BCUT2D eigenvalue weighted by Crippen LogP contribution is -2.14. The van der Waals surface area contributed by atoms with Crippen molar-refractivity contribution in [2.45, 2.75) is 19.9 Å². The molecule has 0 radical (unpaired) electrons. The summed E-state index contributed by atoms with van der Waals surface area (Å²) in [6, 6.07) is 4.95. The van der Waals surface area contributed by atoms with Crippen LogP contribution in [-0.2, 0) is 0 Å². The minimum Gasteiger partial charge on any atom is -0.398 e. The lowest BCUT2D eigenvalue weighted by molar-refractivity contribution is 0.102. The summed E-state index contributed by atoms with van der Waals surface area (Å²) in [6.45, 7) is 3.93. The van der Waals surface area contributed by atoms with E-state index in [2.05, 4.69) is 21.0 Å². The number of nitrogens with two attached hydrogens (primary N) is 1. The van der Waals surface area contributed by atoms with Gasteiger partial charge < -0.3 is 5.73 Å². The van der Waals surface area contributed by atoms with Crippen LogP contribution in [0.1, 0.15) is 35.9 Å². The third kappa shape index (κ3) is 2.67. The number of aromatic nitrogens is 2. The lowest BCUT2D eigenvalue weighted by Gasteiger charge is -2.11. The number of nitrogen functional groups attached to an aromatic ring is 1. The Kier molecular flexibility index (Phi) is 3.96. The van der Waals surface area contributed by atoms with E-state index in [1.165, 1.54) is 0 Å². The molecule has 0 aliphatic rings. The van der Waals surface area contributed by atoms with E-state index in [4.69, 9.17) is 17.3 Å². The summed E-state index contributed by atoms with van der Waals surface area (Å²) in [5, 5.41) is 4.63. The van der Waals surface area contributed by atoms with E-state index in [0.29, 0.717) is 26.4 Å². The van der Waals surface area contributed by atoms with Crippen molar-refractivity contribution in [3.05, 3.63) is 45.1 Å². The van der Waals surface area contributed by atoms with E-state index in [0.717, 1.165) is 0 Å². The van der Waals surface area contributed by atoms with Gasteiger partial charge >= 0.3 is 0 Å². The Labute approximate surface area is 124 Å². The third-order valence-corrected chi connectivity index (χ3v) is 3.64. The number of ketones is 1. The largest absolute Gasteiger partial charge is 0.398 e. The lowest BCUT2D eigenvalue weighted by atomic mass is 10.1. The van der Waals surface area contributed by atoms with Gasteiger partial charge in [0.15, 0.2) is 0 Å². The highest BCUT2D eigenvalue weighted by atomic mass is 79.9. The summed E-state index contributed by atoms with van der Waals surface area (Å²) < 4.78 is 2.34. The average molecular weight is 343 g/mol. The summed E-state index contributed by atoms with van der Waals surface area (Å²) in [6.07, 6.45) is 1.62. The van der Waals surface area contributed by atoms with Gasteiger partial charge in [0.25, 0.3) is 0 Å². The Hall–Kier alpha value is -1.33. The molecule has 1 aromatic carbocycles. The Morgan fingerprint density at radius 2 is 2.16 bits per heavy atom. The zero-order chi connectivity index (χ0) is 14.2. The zero-order valence-electron chi connectivity index (χ0n) is 10.5. The molecule has 0 saturated carbocycles. The van der Waals surface area contributed by atoms with Gasteiger partial charge in [-0.15, -0.1) is 0 Å². The van der Waals surface area contributed by atoms with Crippen LogP contribution in [0.3, 0.4) is 0 Å². The van der Waals surface area contributed by atoms with Crippen molar-refractivity contribution in [1.82, 2.24) is 9.78 Å². The highest BCUT2D eigenvalue weighted by Crippen LogP contribution is 2.25. The molecular formula is C13H13BrClN3O. The van der Waals surface area contributed by atoms with Gasteiger partial charge in [0.2, 0.25) is 5.78 Å². The summed E-state index contributed by atoms with van der Waals surface area (Å²) in [5.74, 6) is -0.138. The van der Waals surface area contributed by atoms with Crippen molar-refractivity contribution < 1.29 is 4.79 Å². The minimum absolute atomic E-state index is 0.0925. The summed E-state index contributed by atoms with van der Waals surface area (Å²) >= 11 is 9.21. The second-order valence-electron chi connectivity index (χ2n) is 4.44. The maximum atomic E-state index is 12.5. The van der Waals surface area contributed by atoms with Gasteiger partial charge in [-0.25, -0.2) is 0 Å². The molecule has 6 heteroatoms. The highest BCUT2D eigenvalue weighted by Gasteiger charge is 2.20. The van der Waals surface area contributed by atoms with Crippen LogP contribution in [0, 0.1) is 0 Å². The predicted molar refractivity (Wildman–Crippen MR) is 79.6 cm³/mol. The molecule has 0 spiro atoms. The molecule has 2 aromatic rings. The van der Waals surface area contributed by atoms with Crippen LogP contribution >= 0.6 is 27.5 Å². The van der Waals surface area contributed by atoms with Crippen molar-refractivity contribution >= 4 is 39.0 Å². The fourth-order valence-electron chi connectivity index (χ4n) is 1.77. The number of halogens is 2. The molecule has 0 unspecified atom stereocenters. The van der Waals surface area contributed by atoms with Crippen LogP contribution in [0.4, 0.5) is 5.69 Å². The molecular weight excluding hydrogens is 330 g/mol. The number of hydrogen-bond donors (Lipinski definition) is 1. The quantitative estimate of drug-likeness (QED) is 0.683. The SMILES string of the molecule is CC(C)n1ncc(Br)c1C(=O)c1ccc(Cl)c(N)c1. The van der Waals surface area contributed by atoms with Crippen molar-refractivity contribution in [2.75, 3.05) is 5.73 Å². The minimum atomic E-state index is -0.138. The molecule has 1 aromatic heterocycles. The van der Waals surface area contributed by atoms with Crippen LogP contribution in [0.15, 0.2) is 28.9 Å². The third-order valence-electron chi connectivity index (χ3n) is 2.71. The first-order valence-corrected chi connectivity index (χ1v) is 6.91. The fraction of sp³-hybridized carbons (Fsp3) is 0.231. The Balaban J connectivity index is 2.49. The highest BCUT2D eigenvalue weighted by molar-refractivity contribution is 9.10. The Morgan fingerprint density at radius 1 is 1.47 bits per heavy atom. The van der Waals surface area contributed by atoms with E-state index in [9.17, 15) is 4.79 Å². The topological polar surface area (TPSA) is 60.9 Å². The standard InChI is InChI=1S/C13H13BrClN3O/c1-7(2)18-12(9(14)6-17-18)13(19)8-3-4-10(15)11(16)5-8/h3-7H,16H2,1-2H3. The molecule has 0 amide bonds. The first kappa shape index (κ1) is 14.1. The van der Waals surface area contributed by atoms with Crippen molar-refractivity contribution in [1.29, 1.82) is 0 Å². The first-order valence-electron chi connectivity index (χ1n) is 5.74. The molecule has 0 fully saturated rings. The van der Waals surface area contributed by atoms with Gasteiger partial charge in [-0.1, -0.05) is 11.6 Å². The molecule has 2 N–H and O–H groups in total. The van der Waals surface area contributed by atoms with Crippen molar-refractivity contribution in [3.8, 4) is 0 Å². The number of carbonyl (C=O) groups is 1. The van der Waals surface area contributed by atoms with Gasteiger partial charge in [-0.2, -0.15) is 5.10 Å². The summed E-state index contributed by atoms with van der Waals surface area (Å²) in [5.41, 5.74) is 7.12. The zero-order valence-corrected chi connectivity index (χ0v) is 12.9. The molecule has 0 atom stereocenters. The van der Waals surface area contributed by atoms with E-state index < -0.39 is 0 Å². The molecule has 4 nitrogen and oxygen atoms in total. The van der Waals surface area contributed by atoms with Gasteiger partial charge in [-0.05, 0) is 48.0 Å². The smallest absolute Gasteiger partial charge is 0.212 e. The van der Waals surface area contributed by atoms with Crippen LogP contribution in [0.25, 0.3) is 0 Å². The number of carbonyl (C=O) groups excluding carboxylic acids is 1. The maximum Gasteiger partial charge on any atom is 0.212 e. The number of nitrogens with zero attached hydrogens (tertiary/aromatic N) is 2. The molecule has 2 rings (SSSR count). The van der Waals surface area contributed by atoms with Gasteiger partial charge in [0.05, 0.1) is 21.4 Å². The normalized spacial score (nSPS) is 11.0. The fourth-order valence-corrected chi connectivity index (χ4v) is 2.34. The maximum absolute atomic E-state index is 12.5. The van der Waals surface area contributed by atoms with E-state index in [1.54, 1.807) is 29.1 Å². The number of hydrogen-bond acceptors (Lipinski definition) is 3. The molecule has 19 heavy (non-hydrogen) atoms. The molecule has 0 bridgehead atoms. The Morgan fingerprint density at radius 3 is 2.74 bits per heavy atom. The second kappa shape index (κ2) is 5.35. The number of anilines is 1. The summed E-state index contributed by atoms with van der Waals surface area (Å²) in [7, 11) is 0. The monoisotopic (exact) mass is 341 g/mol. The predicted octanol–water partition coefficient (Wildman–Crippen LogP) is 3.69. The molecule has 1 heterocycles. The van der Waals surface area contributed by atoms with Gasteiger partial charge in [0, 0.05) is 11.6 Å². The van der Waals surface area contributed by atoms with E-state index in [-0.39, 0.29) is 11.8 Å². The molecule has 0 aliphatic heterocycles. The Bertz CT molecular complexity index is 637. The average Bonchev–Trinajstić information content (AvgIpc) is 2.74. The van der Waals surface area contributed by atoms with Crippen molar-refractivity contribution in [3.63, 3.8) is 0 Å². The van der Waals surface area contributed by atoms with Gasteiger partial charge in [0.1, 0.15) is 5.69 Å².